The second-order valence-electron chi connectivity index (χ2n) is 2.26. The van der Waals surface area contributed by atoms with Gasteiger partial charge in [-0.15, -0.1) is 15.5 Å². The van der Waals surface area contributed by atoms with Crippen molar-refractivity contribution < 1.29 is 15.5 Å². The fraction of sp³-hybridized carbons (Fsp3) is 0. The molecule has 0 spiro atoms. The molecule has 13 heavy (non-hydrogen) atoms. The van der Waals surface area contributed by atoms with Crippen molar-refractivity contribution in [2.45, 2.75) is 5.03 Å². The molecule has 76 valence electrons. The number of aromatic nitrogens is 1. The molecule has 0 N–H and O–H groups in total. The van der Waals surface area contributed by atoms with E-state index in [1.807, 2.05) is 0 Å². The molecule has 0 saturated heterocycles. The minimum Gasteiger partial charge on any atom is -0.241 e. The summed E-state index contributed by atoms with van der Waals surface area (Å²) in [4.78, 5) is 2.87. The zero-order valence-corrected chi connectivity index (χ0v) is 9.01. The summed E-state index contributed by atoms with van der Waals surface area (Å²) >= 11 is 2.53. The van der Waals surface area contributed by atoms with Gasteiger partial charge in [-0.25, -0.2) is 4.98 Å². The molecule has 0 radical (unpaired) electrons. The van der Waals surface area contributed by atoms with E-state index in [9.17, 15) is 15.5 Å². The SMILES string of the molecule is FS(F)(F)(F)(Cl)c1ncccc1Br. The maximum absolute atomic E-state index is 12.5. The van der Waals surface area contributed by atoms with Gasteiger partial charge in [-0.2, -0.15) is 0 Å². The largest absolute Gasteiger partial charge is 0.269 e. The Balaban J connectivity index is 3.50. The predicted octanol–water partition coefficient (Wildman–Crippen LogP) is 4.77. The van der Waals surface area contributed by atoms with E-state index in [1.54, 1.807) is 0 Å². The number of halogens is 6. The van der Waals surface area contributed by atoms with E-state index in [-0.39, 0.29) is 0 Å². The van der Waals surface area contributed by atoms with Crippen LogP contribution >= 0.6 is 35.7 Å². The standard InChI is InChI=1S/C5H3BrClF4NS/c6-4-2-1-3-12-5(4)13(7,8,9,10)11/h1-3H. The molecular formula is C5H3BrClF4NS. The topological polar surface area (TPSA) is 12.9 Å². The van der Waals surface area contributed by atoms with Gasteiger partial charge in [0.2, 0.25) is 0 Å². The number of pyridine rings is 1. The molecule has 0 aliphatic rings. The lowest BCUT2D eigenvalue weighted by Gasteiger charge is -2.41. The van der Waals surface area contributed by atoms with Crippen LogP contribution in [0.1, 0.15) is 0 Å². The summed E-state index contributed by atoms with van der Waals surface area (Å²) in [5, 5.41) is -1.70. The summed E-state index contributed by atoms with van der Waals surface area (Å²) in [6, 6.07) is 2.25. The van der Waals surface area contributed by atoms with Gasteiger partial charge in [0, 0.05) is 16.9 Å². The minimum atomic E-state index is -8.66. The van der Waals surface area contributed by atoms with Gasteiger partial charge in [0.25, 0.3) is 9.05 Å². The van der Waals surface area contributed by atoms with Crippen LogP contribution in [0.15, 0.2) is 27.8 Å². The van der Waals surface area contributed by atoms with Crippen LogP contribution in [0.5, 0.6) is 0 Å². The van der Waals surface area contributed by atoms with E-state index in [1.165, 1.54) is 6.07 Å². The van der Waals surface area contributed by atoms with Gasteiger partial charge in [-0.1, -0.05) is 0 Å². The first-order valence-electron chi connectivity index (χ1n) is 2.85. The van der Waals surface area contributed by atoms with Gasteiger partial charge in [0.1, 0.15) is 0 Å². The second-order valence-corrected chi connectivity index (χ2v) is 7.30. The van der Waals surface area contributed by atoms with Crippen molar-refractivity contribution in [3.05, 3.63) is 22.8 Å². The van der Waals surface area contributed by atoms with Gasteiger partial charge in [0.15, 0.2) is 5.03 Å². The van der Waals surface area contributed by atoms with E-state index >= 15 is 0 Å². The third kappa shape index (κ3) is 2.72. The fourth-order valence-corrected chi connectivity index (χ4v) is 3.23. The Labute approximate surface area is 84.2 Å². The van der Waals surface area contributed by atoms with Crippen molar-refractivity contribution in [2.24, 2.45) is 0 Å². The third-order valence-corrected chi connectivity index (χ3v) is 3.49. The van der Waals surface area contributed by atoms with Crippen molar-refractivity contribution in [3.63, 3.8) is 0 Å². The van der Waals surface area contributed by atoms with Gasteiger partial charge in [-0.3, -0.25) is 0 Å². The summed E-state index contributed by atoms with van der Waals surface area (Å²) in [5.74, 6) is 0. The van der Waals surface area contributed by atoms with E-state index < -0.39 is 18.6 Å². The molecule has 1 heterocycles. The first-order valence-corrected chi connectivity index (χ1v) is 6.52. The number of nitrogens with zero attached hydrogens (tertiary/aromatic N) is 1. The maximum atomic E-state index is 12.5. The lowest BCUT2D eigenvalue weighted by Crippen LogP contribution is -2.07. The van der Waals surface area contributed by atoms with E-state index in [2.05, 4.69) is 31.6 Å². The summed E-state index contributed by atoms with van der Waals surface area (Å²) in [6.07, 6.45) is 0.820. The van der Waals surface area contributed by atoms with Crippen LogP contribution in [-0.4, -0.2) is 4.98 Å². The molecule has 0 saturated carbocycles. The molecule has 1 rings (SSSR count). The predicted molar refractivity (Wildman–Crippen MR) is 48.1 cm³/mol. The normalized spacial score (nSPS) is 17.7. The molecule has 0 aliphatic heterocycles. The molecular weight excluding hydrogens is 297 g/mol. The highest BCUT2D eigenvalue weighted by Gasteiger charge is 2.65. The summed E-state index contributed by atoms with van der Waals surface area (Å²) in [5.41, 5.74) is 0. The Morgan fingerprint density at radius 3 is 2.15 bits per heavy atom. The molecule has 0 unspecified atom stereocenters. The highest BCUT2D eigenvalue weighted by molar-refractivity contribution is 9.10. The second kappa shape index (κ2) is 2.32. The van der Waals surface area contributed by atoms with Crippen molar-refractivity contribution in [1.82, 2.24) is 4.98 Å². The van der Waals surface area contributed by atoms with E-state index in [4.69, 9.17) is 0 Å². The number of rotatable bonds is 1. The molecule has 0 aromatic carbocycles. The van der Waals surface area contributed by atoms with Crippen LogP contribution in [-0.2, 0) is 0 Å². The van der Waals surface area contributed by atoms with Crippen LogP contribution in [0.4, 0.5) is 15.5 Å². The smallest absolute Gasteiger partial charge is 0.241 e. The van der Waals surface area contributed by atoms with Crippen molar-refractivity contribution in [1.29, 1.82) is 0 Å². The van der Waals surface area contributed by atoms with Crippen molar-refractivity contribution in [2.75, 3.05) is 0 Å². The van der Waals surface area contributed by atoms with E-state index in [0.29, 0.717) is 0 Å². The molecule has 0 atom stereocenters. The Hall–Kier alpha value is -0.0100. The van der Waals surface area contributed by atoms with Crippen molar-refractivity contribution in [3.8, 4) is 0 Å². The highest BCUT2D eigenvalue weighted by atomic mass is 79.9. The highest BCUT2D eigenvalue weighted by Crippen LogP contribution is 3.04. The van der Waals surface area contributed by atoms with Gasteiger partial charge >= 0.3 is 0 Å². The Kier molecular flexibility index (Phi) is 1.97. The molecule has 0 fully saturated rings. The summed E-state index contributed by atoms with van der Waals surface area (Å²) in [6.45, 7) is 0. The first kappa shape index (κ1) is 11.1. The average molecular weight is 301 g/mol. The van der Waals surface area contributed by atoms with Crippen LogP contribution < -0.4 is 0 Å². The molecule has 0 amide bonds. The summed E-state index contributed by atoms with van der Waals surface area (Å²) < 4.78 is 49.7. The minimum absolute atomic E-state index is 0.512. The van der Waals surface area contributed by atoms with Gasteiger partial charge in [0.05, 0.1) is 4.47 Å². The molecule has 8 heteroatoms. The first-order chi connectivity index (χ1) is 5.50. The van der Waals surface area contributed by atoms with E-state index in [0.717, 1.165) is 12.3 Å². The zero-order chi connectivity index (χ0) is 10.4. The van der Waals surface area contributed by atoms with Crippen molar-refractivity contribution >= 4 is 35.7 Å². The van der Waals surface area contributed by atoms with Gasteiger partial charge in [-0.05, 0) is 28.1 Å². The molecule has 1 nitrogen and oxygen atoms in total. The zero-order valence-electron chi connectivity index (χ0n) is 5.86. The lowest BCUT2D eigenvalue weighted by atomic mass is 10.5. The maximum Gasteiger partial charge on any atom is 0.269 e. The quantitative estimate of drug-likeness (QED) is 0.681. The fourth-order valence-electron chi connectivity index (χ4n) is 0.655. The average Bonchev–Trinajstić information content (AvgIpc) is 1.82. The molecule has 1 aromatic heterocycles. The van der Waals surface area contributed by atoms with Crippen LogP contribution in [0.3, 0.4) is 0 Å². The third-order valence-electron chi connectivity index (χ3n) is 1.09. The molecule has 0 aliphatic carbocycles. The Morgan fingerprint density at radius 1 is 1.31 bits per heavy atom. The van der Waals surface area contributed by atoms with Crippen LogP contribution in [0.2, 0.25) is 0 Å². The lowest BCUT2D eigenvalue weighted by molar-refractivity contribution is 0.471. The number of hydrogen-bond donors (Lipinski definition) is 0. The monoisotopic (exact) mass is 299 g/mol. The molecule has 1 aromatic rings. The van der Waals surface area contributed by atoms with Crippen LogP contribution in [0.25, 0.3) is 0 Å². The van der Waals surface area contributed by atoms with Gasteiger partial charge < -0.3 is 0 Å². The number of hydrogen-bond acceptors (Lipinski definition) is 1. The van der Waals surface area contributed by atoms with Crippen LogP contribution in [0, 0.1) is 0 Å². The summed E-state index contributed by atoms with van der Waals surface area (Å²) in [7, 11) is -4.63. The Bertz CT molecular complexity index is 350. The Morgan fingerprint density at radius 2 is 1.85 bits per heavy atom. The molecule has 0 bridgehead atoms.